The van der Waals surface area contributed by atoms with Crippen LogP contribution in [0.3, 0.4) is 0 Å². The van der Waals surface area contributed by atoms with Crippen LogP contribution in [0.5, 0.6) is 17.2 Å². The minimum atomic E-state index is -4.83. The van der Waals surface area contributed by atoms with Crippen LogP contribution in [0.4, 0.5) is 18.9 Å². The molecule has 0 atom stereocenters. The van der Waals surface area contributed by atoms with Crippen molar-refractivity contribution in [3.8, 4) is 17.2 Å². The lowest BCUT2D eigenvalue weighted by Gasteiger charge is -2.15. The van der Waals surface area contributed by atoms with Gasteiger partial charge in [-0.15, -0.1) is 13.2 Å². The minimum absolute atomic E-state index is 0.0347. The molecule has 0 unspecified atom stereocenters. The number of nitrogens with zero attached hydrogens (tertiary/aromatic N) is 1. The van der Waals surface area contributed by atoms with Crippen molar-refractivity contribution in [2.75, 3.05) is 19.1 Å². The Labute approximate surface area is 145 Å². The summed E-state index contributed by atoms with van der Waals surface area (Å²) in [6, 6.07) is 7.33. The van der Waals surface area contributed by atoms with Crippen molar-refractivity contribution < 1.29 is 37.0 Å². The van der Waals surface area contributed by atoms with Crippen LogP contribution in [0, 0.1) is 0 Å². The van der Waals surface area contributed by atoms with E-state index in [4.69, 9.17) is 9.47 Å². The molecule has 0 fully saturated rings. The fraction of sp³-hybridized carbons (Fsp3) is 0.176. The second-order valence-corrected chi connectivity index (χ2v) is 5.21. The number of amides is 2. The van der Waals surface area contributed by atoms with Crippen molar-refractivity contribution in [1.29, 1.82) is 0 Å². The van der Waals surface area contributed by atoms with Gasteiger partial charge in [0, 0.05) is 0 Å². The second-order valence-electron chi connectivity index (χ2n) is 5.21. The first-order valence-electron chi connectivity index (χ1n) is 7.26. The zero-order chi connectivity index (χ0) is 19.1. The molecule has 1 aliphatic rings. The van der Waals surface area contributed by atoms with Crippen molar-refractivity contribution >= 4 is 17.5 Å². The first kappa shape index (κ1) is 17.6. The van der Waals surface area contributed by atoms with E-state index in [-0.39, 0.29) is 28.3 Å². The maximum atomic E-state index is 12.7. The number of hydrogen-bond donors (Lipinski definition) is 0. The first-order valence-corrected chi connectivity index (χ1v) is 7.26. The number of hydrogen-bond acceptors (Lipinski definition) is 5. The Kier molecular flexibility index (Phi) is 4.23. The van der Waals surface area contributed by atoms with E-state index in [1.54, 1.807) is 0 Å². The molecule has 0 radical (unpaired) electrons. The molecule has 0 saturated heterocycles. The molecule has 0 saturated carbocycles. The van der Waals surface area contributed by atoms with Gasteiger partial charge in [-0.05, 0) is 36.4 Å². The van der Waals surface area contributed by atoms with Crippen LogP contribution < -0.4 is 19.1 Å². The van der Waals surface area contributed by atoms with Crippen LogP contribution in [0.2, 0.25) is 0 Å². The maximum absolute atomic E-state index is 12.7. The summed E-state index contributed by atoms with van der Waals surface area (Å²) in [7, 11) is 2.73. The smallest absolute Gasteiger partial charge is 0.493 e. The van der Waals surface area contributed by atoms with Crippen LogP contribution in [-0.2, 0) is 0 Å². The van der Waals surface area contributed by atoms with Crippen LogP contribution >= 0.6 is 0 Å². The summed E-state index contributed by atoms with van der Waals surface area (Å²) in [5, 5.41) is 0. The summed E-state index contributed by atoms with van der Waals surface area (Å²) in [6.45, 7) is 0. The largest absolute Gasteiger partial charge is 0.573 e. The maximum Gasteiger partial charge on any atom is 0.573 e. The molecule has 0 aliphatic carbocycles. The molecular weight excluding hydrogens is 355 g/mol. The quantitative estimate of drug-likeness (QED) is 0.775. The summed E-state index contributed by atoms with van der Waals surface area (Å²) >= 11 is 0. The standard InChI is InChI=1S/C17H12F3NO5/c1-24-12-8-7-11-13(14(12)25-2)16(23)21(15(11)22)9-3-5-10(6-4-9)26-17(18,19)20/h3-8H,1-2H3. The number of ether oxygens (including phenoxy) is 3. The molecule has 0 bridgehead atoms. The monoisotopic (exact) mass is 367 g/mol. The number of methoxy groups -OCH3 is 2. The van der Waals surface area contributed by atoms with Gasteiger partial charge in [-0.2, -0.15) is 0 Å². The highest BCUT2D eigenvalue weighted by molar-refractivity contribution is 6.35. The van der Waals surface area contributed by atoms with E-state index in [1.165, 1.54) is 38.5 Å². The van der Waals surface area contributed by atoms with Gasteiger partial charge in [-0.3, -0.25) is 9.59 Å². The van der Waals surface area contributed by atoms with Crippen molar-refractivity contribution in [2.24, 2.45) is 0 Å². The third-order valence-electron chi connectivity index (χ3n) is 3.72. The SMILES string of the molecule is COc1ccc2c(c1OC)C(=O)N(c1ccc(OC(F)(F)F)cc1)C2=O. The number of imide groups is 1. The minimum Gasteiger partial charge on any atom is -0.493 e. The summed E-state index contributed by atoms with van der Waals surface area (Å²) in [4.78, 5) is 26.2. The fourth-order valence-electron chi connectivity index (χ4n) is 2.67. The zero-order valence-corrected chi connectivity index (χ0v) is 13.6. The highest BCUT2D eigenvalue weighted by atomic mass is 19.4. The molecule has 2 aromatic rings. The summed E-state index contributed by atoms with van der Waals surface area (Å²) < 4.78 is 50.8. The Hall–Kier alpha value is -3.23. The predicted octanol–water partition coefficient (Wildman–Crippen LogP) is 3.40. The third-order valence-corrected chi connectivity index (χ3v) is 3.72. The molecule has 0 spiro atoms. The molecule has 2 aromatic carbocycles. The lowest BCUT2D eigenvalue weighted by Crippen LogP contribution is -2.29. The van der Waals surface area contributed by atoms with Gasteiger partial charge in [-0.1, -0.05) is 0 Å². The van der Waals surface area contributed by atoms with Crippen LogP contribution in [0.15, 0.2) is 36.4 Å². The topological polar surface area (TPSA) is 65.1 Å². The normalized spacial score (nSPS) is 13.7. The van der Waals surface area contributed by atoms with Gasteiger partial charge >= 0.3 is 6.36 Å². The van der Waals surface area contributed by atoms with Crippen LogP contribution in [0.25, 0.3) is 0 Å². The molecule has 136 valence electrons. The lowest BCUT2D eigenvalue weighted by molar-refractivity contribution is -0.274. The van der Waals surface area contributed by atoms with E-state index in [0.717, 1.165) is 17.0 Å². The van der Waals surface area contributed by atoms with Crippen molar-refractivity contribution in [1.82, 2.24) is 0 Å². The van der Waals surface area contributed by atoms with Crippen molar-refractivity contribution in [3.63, 3.8) is 0 Å². The van der Waals surface area contributed by atoms with Gasteiger partial charge in [0.15, 0.2) is 11.5 Å². The average Bonchev–Trinajstić information content (AvgIpc) is 2.84. The number of alkyl halides is 3. The van der Waals surface area contributed by atoms with Crippen LogP contribution in [-0.4, -0.2) is 32.4 Å². The van der Waals surface area contributed by atoms with E-state index < -0.39 is 23.9 Å². The Bertz CT molecular complexity index is 877. The summed E-state index contributed by atoms with van der Waals surface area (Å²) in [5.74, 6) is -1.34. The van der Waals surface area contributed by atoms with Gasteiger partial charge in [0.1, 0.15) is 5.75 Å². The van der Waals surface area contributed by atoms with Gasteiger partial charge < -0.3 is 14.2 Å². The molecule has 2 amide bonds. The Morgan fingerprint density at radius 2 is 1.54 bits per heavy atom. The Balaban J connectivity index is 1.98. The molecule has 3 rings (SSSR count). The van der Waals surface area contributed by atoms with E-state index in [0.29, 0.717) is 0 Å². The molecular formula is C17H12F3NO5. The van der Waals surface area contributed by atoms with Gasteiger partial charge in [0.25, 0.3) is 11.8 Å². The number of carbonyl (C=O) groups is 2. The van der Waals surface area contributed by atoms with Gasteiger partial charge in [0.2, 0.25) is 0 Å². The number of rotatable bonds is 4. The zero-order valence-electron chi connectivity index (χ0n) is 13.6. The van der Waals surface area contributed by atoms with E-state index in [2.05, 4.69) is 4.74 Å². The van der Waals surface area contributed by atoms with Crippen LogP contribution in [0.1, 0.15) is 20.7 Å². The number of anilines is 1. The van der Waals surface area contributed by atoms with E-state index >= 15 is 0 Å². The van der Waals surface area contributed by atoms with E-state index in [9.17, 15) is 22.8 Å². The Morgan fingerprint density at radius 3 is 2.08 bits per heavy atom. The number of carbonyl (C=O) groups excluding carboxylic acids is 2. The number of benzene rings is 2. The fourth-order valence-corrected chi connectivity index (χ4v) is 2.67. The highest BCUT2D eigenvalue weighted by Gasteiger charge is 2.40. The van der Waals surface area contributed by atoms with Gasteiger partial charge in [0.05, 0.1) is 31.0 Å². The molecule has 1 aliphatic heterocycles. The number of halogens is 3. The average molecular weight is 367 g/mol. The molecule has 6 nitrogen and oxygen atoms in total. The van der Waals surface area contributed by atoms with E-state index in [1.807, 2.05) is 0 Å². The summed E-state index contributed by atoms with van der Waals surface area (Å²) in [5.41, 5.74) is 0.252. The highest BCUT2D eigenvalue weighted by Crippen LogP contribution is 2.40. The third kappa shape index (κ3) is 2.92. The van der Waals surface area contributed by atoms with Gasteiger partial charge in [-0.25, -0.2) is 4.90 Å². The number of fused-ring (bicyclic) bond motifs is 1. The summed E-state index contributed by atoms with van der Waals surface area (Å²) in [6.07, 6.45) is -4.83. The molecule has 26 heavy (non-hydrogen) atoms. The van der Waals surface area contributed by atoms with Crippen molar-refractivity contribution in [3.05, 3.63) is 47.5 Å². The van der Waals surface area contributed by atoms with Crippen molar-refractivity contribution in [2.45, 2.75) is 6.36 Å². The predicted molar refractivity (Wildman–Crippen MR) is 83.8 cm³/mol. The molecule has 1 heterocycles. The lowest BCUT2D eigenvalue weighted by atomic mass is 10.1. The molecule has 9 heteroatoms. The molecule has 0 aromatic heterocycles. The second kappa shape index (κ2) is 6.25. The first-order chi connectivity index (χ1) is 12.3. The molecule has 0 N–H and O–H groups in total. The Morgan fingerprint density at radius 1 is 0.885 bits per heavy atom.